The molecule has 0 unspecified atom stereocenters. The van der Waals surface area contributed by atoms with Gasteiger partial charge in [-0.15, -0.1) is 0 Å². The van der Waals surface area contributed by atoms with Gasteiger partial charge in [-0.25, -0.2) is 4.98 Å². The first-order valence-corrected chi connectivity index (χ1v) is 9.52. The van der Waals surface area contributed by atoms with Crippen molar-refractivity contribution in [2.24, 2.45) is 0 Å². The van der Waals surface area contributed by atoms with Gasteiger partial charge in [0.1, 0.15) is 24.0 Å². The predicted molar refractivity (Wildman–Crippen MR) is 109 cm³/mol. The minimum atomic E-state index is -1.17. The summed E-state index contributed by atoms with van der Waals surface area (Å²) in [5, 5.41) is 20.5. The fraction of sp³-hybridized carbons (Fsp3) is 0.364. The Balaban J connectivity index is 1.88. The summed E-state index contributed by atoms with van der Waals surface area (Å²) in [6.45, 7) is 4.04. The molecule has 1 fully saturated rings. The van der Waals surface area contributed by atoms with Crippen LogP contribution in [0.2, 0.25) is 0 Å². The molecule has 0 amide bonds. The van der Waals surface area contributed by atoms with Gasteiger partial charge in [0.25, 0.3) is 5.56 Å². The molecule has 29 heavy (non-hydrogen) atoms. The number of hydrogen-bond acceptors (Lipinski definition) is 6. The summed E-state index contributed by atoms with van der Waals surface area (Å²) in [6, 6.07) is 13.1. The molecule has 7 heteroatoms. The predicted octanol–water partition coefficient (Wildman–Crippen LogP) is 1.77. The fourth-order valence-corrected chi connectivity index (χ4v) is 3.70. The zero-order valence-corrected chi connectivity index (χ0v) is 16.6. The summed E-state index contributed by atoms with van der Waals surface area (Å²) in [4.78, 5) is 18.0. The molecule has 2 N–H and O–H groups in total. The Labute approximate surface area is 168 Å². The highest BCUT2D eigenvalue weighted by atomic mass is 16.7. The molecule has 0 bridgehead atoms. The Kier molecular flexibility index (Phi) is 5.23. The Morgan fingerprint density at radius 2 is 1.79 bits per heavy atom. The van der Waals surface area contributed by atoms with Gasteiger partial charge >= 0.3 is 0 Å². The van der Waals surface area contributed by atoms with Crippen LogP contribution >= 0.6 is 0 Å². The van der Waals surface area contributed by atoms with Crippen molar-refractivity contribution in [2.45, 2.75) is 45.0 Å². The Bertz CT molecular complexity index is 1100. The summed E-state index contributed by atoms with van der Waals surface area (Å²) in [7, 11) is 1.40. The highest BCUT2D eigenvalue weighted by Gasteiger charge is 2.43. The Hall–Kier alpha value is -2.58. The monoisotopic (exact) mass is 396 g/mol. The number of aryl methyl sites for hydroxylation is 2. The second-order valence-corrected chi connectivity index (χ2v) is 7.43. The van der Waals surface area contributed by atoms with Crippen molar-refractivity contribution >= 4 is 11.0 Å². The zero-order valence-electron chi connectivity index (χ0n) is 16.6. The lowest BCUT2D eigenvalue weighted by Gasteiger charge is -2.19. The average molecular weight is 396 g/mol. The van der Waals surface area contributed by atoms with Crippen molar-refractivity contribution in [3.8, 4) is 11.3 Å². The highest BCUT2D eigenvalue weighted by Crippen LogP contribution is 2.26. The van der Waals surface area contributed by atoms with Gasteiger partial charge in [-0.2, -0.15) is 0 Å². The van der Waals surface area contributed by atoms with E-state index >= 15 is 0 Å². The smallest absolute Gasteiger partial charge is 0.277 e. The average Bonchev–Trinajstić information content (AvgIpc) is 3.00. The number of hydrogen-bond donors (Lipinski definition) is 2. The molecule has 0 aliphatic carbocycles. The molecular formula is C22H24N2O5. The van der Waals surface area contributed by atoms with E-state index in [-0.39, 0.29) is 12.1 Å². The minimum absolute atomic E-state index is 0.0677. The molecule has 4 atom stereocenters. The second-order valence-electron chi connectivity index (χ2n) is 7.43. The molecule has 2 heterocycles. The van der Waals surface area contributed by atoms with Crippen LogP contribution in [0.5, 0.6) is 0 Å². The maximum atomic E-state index is 13.4. The Morgan fingerprint density at radius 1 is 1.10 bits per heavy atom. The third-order valence-corrected chi connectivity index (χ3v) is 5.52. The molecule has 1 aromatic heterocycles. The fourth-order valence-electron chi connectivity index (χ4n) is 3.70. The van der Waals surface area contributed by atoms with E-state index in [4.69, 9.17) is 9.47 Å². The van der Waals surface area contributed by atoms with Crippen molar-refractivity contribution in [1.82, 2.24) is 9.55 Å². The number of rotatable bonds is 4. The normalized spacial score (nSPS) is 24.3. The number of ether oxygens (including phenoxy) is 2. The molecule has 2 aromatic carbocycles. The number of aromatic nitrogens is 2. The molecule has 7 nitrogen and oxygen atoms in total. The van der Waals surface area contributed by atoms with E-state index in [1.807, 2.05) is 56.3 Å². The van der Waals surface area contributed by atoms with Crippen LogP contribution < -0.4 is 5.56 Å². The lowest BCUT2D eigenvalue weighted by molar-refractivity contribution is -0.150. The topological polar surface area (TPSA) is 93.8 Å². The third-order valence-electron chi connectivity index (χ3n) is 5.52. The number of aliphatic hydroxyl groups is 2. The van der Waals surface area contributed by atoms with Gasteiger partial charge in [0.05, 0.1) is 17.6 Å². The van der Waals surface area contributed by atoms with E-state index in [0.29, 0.717) is 22.3 Å². The first kappa shape index (κ1) is 19.7. The van der Waals surface area contributed by atoms with Crippen molar-refractivity contribution in [2.75, 3.05) is 7.11 Å². The molecule has 1 aliphatic rings. The molecule has 4 rings (SSSR count). The van der Waals surface area contributed by atoms with Crippen LogP contribution in [0.4, 0.5) is 0 Å². The number of methoxy groups -OCH3 is 1. The van der Waals surface area contributed by atoms with Gasteiger partial charge in [-0.3, -0.25) is 4.79 Å². The SMILES string of the molecule is CO[C@@H]1O[C@H](Cn2c(=O)c(-c3ccccc3)nc3cc(C)c(C)cc32)[C@@H](O)[C@H]1O. The molecule has 1 saturated heterocycles. The van der Waals surface area contributed by atoms with Crippen LogP contribution in [0.1, 0.15) is 11.1 Å². The van der Waals surface area contributed by atoms with E-state index in [0.717, 1.165) is 11.1 Å². The molecule has 0 radical (unpaired) electrons. The van der Waals surface area contributed by atoms with Crippen LogP contribution in [0, 0.1) is 13.8 Å². The molecule has 0 saturated carbocycles. The van der Waals surface area contributed by atoms with Gasteiger partial charge in [0.2, 0.25) is 0 Å². The quantitative estimate of drug-likeness (QED) is 0.698. The lowest BCUT2D eigenvalue weighted by Crippen LogP contribution is -2.37. The van der Waals surface area contributed by atoms with Crippen LogP contribution in [0.25, 0.3) is 22.3 Å². The number of nitrogens with zero attached hydrogens (tertiary/aromatic N) is 2. The van der Waals surface area contributed by atoms with Gasteiger partial charge in [-0.1, -0.05) is 30.3 Å². The van der Waals surface area contributed by atoms with Crippen LogP contribution in [-0.4, -0.2) is 51.5 Å². The van der Waals surface area contributed by atoms with E-state index < -0.39 is 24.6 Å². The van der Waals surface area contributed by atoms with Crippen molar-refractivity contribution in [3.63, 3.8) is 0 Å². The Morgan fingerprint density at radius 3 is 2.45 bits per heavy atom. The summed E-state index contributed by atoms with van der Waals surface area (Å²) < 4.78 is 12.3. The second kappa shape index (κ2) is 7.68. The summed E-state index contributed by atoms with van der Waals surface area (Å²) >= 11 is 0. The molecular weight excluding hydrogens is 372 g/mol. The van der Waals surface area contributed by atoms with Crippen LogP contribution in [-0.2, 0) is 16.0 Å². The van der Waals surface area contributed by atoms with E-state index in [9.17, 15) is 15.0 Å². The first-order chi connectivity index (χ1) is 13.9. The summed E-state index contributed by atoms with van der Waals surface area (Å²) in [5.74, 6) is 0. The lowest BCUT2D eigenvalue weighted by atomic mass is 10.1. The maximum Gasteiger partial charge on any atom is 0.277 e. The first-order valence-electron chi connectivity index (χ1n) is 9.52. The highest BCUT2D eigenvalue weighted by molar-refractivity contribution is 5.79. The standard InChI is InChI=1S/C22H24N2O5/c1-12-9-15-16(10-13(12)2)24(11-17-19(25)20(26)22(28-3)29-17)21(27)18(23-15)14-7-5-4-6-8-14/h4-10,17,19-20,22,25-26H,11H2,1-3H3/t17-,19-,20-,22-/m1/s1. The number of aliphatic hydroxyl groups excluding tert-OH is 2. The summed E-state index contributed by atoms with van der Waals surface area (Å²) in [5.41, 5.74) is 4.21. The van der Waals surface area contributed by atoms with Crippen LogP contribution in [0.15, 0.2) is 47.3 Å². The van der Waals surface area contributed by atoms with E-state index in [2.05, 4.69) is 4.98 Å². The summed E-state index contributed by atoms with van der Waals surface area (Å²) in [6.07, 6.45) is -4.06. The van der Waals surface area contributed by atoms with E-state index in [1.165, 1.54) is 7.11 Å². The molecule has 1 aliphatic heterocycles. The number of benzene rings is 2. The van der Waals surface area contributed by atoms with Crippen LogP contribution in [0.3, 0.4) is 0 Å². The van der Waals surface area contributed by atoms with Crippen molar-refractivity contribution in [3.05, 3.63) is 63.9 Å². The zero-order chi connectivity index (χ0) is 20.7. The van der Waals surface area contributed by atoms with Gasteiger partial charge in [-0.05, 0) is 37.1 Å². The maximum absolute atomic E-state index is 13.4. The third kappa shape index (κ3) is 3.47. The van der Waals surface area contributed by atoms with Crippen molar-refractivity contribution < 1.29 is 19.7 Å². The number of fused-ring (bicyclic) bond motifs is 1. The minimum Gasteiger partial charge on any atom is -0.387 e. The molecule has 0 spiro atoms. The molecule has 3 aromatic rings. The largest absolute Gasteiger partial charge is 0.387 e. The van der Waals surface area contributed by atoms with Gasteiger partial charge < -0.3 is 24.3 Å². The van der Waals surface area contributed by atoms with Gasteiger partial charge in [0.15, 0.2) is 6.29 Å². The van der Waals surface area contributed by atoms with Gasteiger partial charge in [0, 0.05) is 12.7 Å². The van der Waals surface area contributed by atoms with E-state index in [1.54, 1.807) is 4.57 Å². The van der Waals surface area contributed by atoms with Crippen molar-refractivity contribution in [1.29, 1.82) is 0 Å². The molecule has 152 valence electrons.